The summed E-state index contributed by atoms with van der Waals surface area (Å²) in [6, 6.07) is 7.26. The predicted octanol–water partition coefficient (Wildman–Crippen LogP) is 2.77. The first-order valence-corrected chi connectivity index (χ1v) is 4.81. The number of esters is 1. The molecule has 2 nitrogen and oxygen atoms in total. The van der Waals surface area contributed by atoms with Crippen molar-refractivity contribution in [3.05, 3.63) is 40.0 Å². The van der Waals surface area contributed by atoms with Gasteiger partial charge in [-0.15, -0.1) is 0 Å². The number of carbonyl (C=O) groups is 1. The Balaban J connectivity index is 2.70. The van der Waals surface area contributed by atoms with Crippen LogP contribution in [0.25, 0.3) is 0 Å². The smallest absolute Gasteiger partial charge is 0.338 e. The molecule has 0 N–H and O–H groups in total. The Bertz CT molecular complexity index is 327. The topological polar surface area (TPSA) is 26.3 Å². The molecule has 1 aromatic rings. The largest absolute Gasteiger partial charge is 0.423 e. The normalized spacial score (nSPS) is 9.38. The molecule has 0 heterocycles. The van der Waals surface area contributed by atoms with E-state index >= 15 is 0 Å². The first kappa shape index (κ1) is 10.2. The zero-order chi connectivity index (χ0) is 9.84. The number of benzene rings is 1. The molecule has 0 fully saturated rings. The summed E-state index contributed by atoms with van der Waals surface area (Å²) in [5.41, 5.74) is 0.401. The van der Waals surface area contributed by atoms with E-state index in [1.807, 2.05) is 12.1 Å². The van der Waals surface area contributed by atoms with Crippen molar-refractivity contribution in [1.82, 2.24) is 0 Å². The van der Waals surface area contributed by atoms with Crippen LogP contribution in [-0.2, 0) is 4.79 Å². The van der Waals surface area contributed by atoms with Crippen LogP contribution in [0.15, 0.2) is 36.4 Å². The van der Waals surface area contributed by atoms with Crippen LogP contribution in [0, 0.1) is 3.57 Å². The number of rotatable bonds is 2. The fourth-order valence-electron chi connectivity index (χ4n) is 0.697. The molecule has 1 aromatic carbocycles. The molecule has 0 amide bonds. The summed E-state index contributed by atoms with van der Waals surface area (Å²) in [7, 11) is 0. The lowest BCUT2D eigenvalue weighted by Gasteiger charge is -2.02. The van der Waals surface area contributed by atoms with E-state index in [4.69, 9.17) is 4.74 Å². The second-order valence-electron chi connectivity index (χ2n) is 2.62. The summed E-state index contributed by atoms with van der Waals surface area (Å²) in [6.07, 6.45) is 0. The van der Waals surface area contributed by atoms with Crippen LogP contribution in [0.2, 0.25) is 0 Å². The van der Waals surface area contributed by atoms with Gasteiger partial charge in [0.25, 0.3) is 0 Å². The molecule has 0 spiro atoms. The molecule has 1 rings (SSSR count). The first-order chi connectivity index (χ1) is 6.09. The van der Waals surface area contributed by atoms with Gasteiger partial charge >= 0.3 is 5.97 Å². The molecule has 0 aliphatic carbocycles. The van der Waals surface area contributed by atoms with E-state index in [-0.39, 0.29) is 5.97 Å². The maximum Gasteiger partial charge on any atom is 0.338 e. The van der Waals surface area contributed by atoms with Crippen molar-refractivity contribution >= 4 is 28.6 Å². The predicted molar refractivity (Wildman–Crippen MR) is 59.6 cm³/mol. The molecular weight excluding hydrogens is 279 g/mol. The third-order valence-corrected chi connectivity index (χ3v) is 2.09. The van der Waals surface area contributed by atoms with Crippen LogP contribution in [0.5, 0.6) is 5.75 Å². The molecule has 0 aromatic heterocycles. The molecule has 0 saturated heterocycles. The lowest BCUT2D eigenvalue weighted by molar-refractivity contribution is -0.130. The zero-order valence-corrected chi connectivity index (χ0v) is 9.37. The van der Waals surface area contributed by atoms with Gasteiger partial charge in [0.2, 0.25) is 0 Å². The maximum absolute atomic E-state index is 11.1. The number of halogens is 1. The average molecular weight is 288 g/mol. The highest BCUT2D eigenvalue weighted by Gasteiger charge is 2.03. The summed E-state index contributed by atoms with van der Waals surface area (Å²) in [6.45, 7) is 5.11. The Morgan fingerprint density at radius 1 is 1.38 bits per heavy atom. The van der Waals surface area contributed by atoms with Crippen molar-refractivity contribution in [3.63, 3.8) is 0 Å². The summed E-state index contributed by atoms with van der Waals surface area (Å²) in [5, 5.41) is 0. The van der Waals surface area contributed by atoms with Gasteiger partial charge in [-0.2, -0.15) is 0 Å². The van der Waals surface area contributed by atoms with Crippen molar-refractivity contribution in [2.75, 3.05) is 0 Å². The summed E-state index contributed by atoms with van der Waals surface area (Å²) in [5.74, 6) is 0.162. The highest BCUT2D eigenvalue weighted by molar-refractivity contribution is 14.1. The van der Waals surface area contributed by atoms with Crippen molar-refractivity contribution in [2.45, 2.75) is 6.92 Å². The average Bonchev–Trinajstić information content (AvgIpc) is 2.08. The lowest BCUT2D eigenvalue weighted by atomic mass is 10.3. The molecule has 0 aliphatic heterocycles. The molecule has 0 radical (unpaired) electrons. The van der Waals surface area contributed by atoms with Gasteiger partial charge in [0.1, 0.15) is 5.75 Å². The van der Waals surface area contributed by atoms with Crippen LogP contribution in [0.4, 0.5) is 0 Å². The van der Waals surface area contributed by atoms with Crippen LogP contribution in [0.3, 0.4) is 0 Å². The Hall–Kier alpha value is -0.840. The maximum atomic E-state index is 11.1. The second kappa shape index (κ2) is 4.41. The molecule has 0 atom stereocenters. The number of ether oxygens (including phenoxy) is 1. The Labute approximate surface area is 90.7 Å². The quantitative estimate of drug-likeness (QED) is 0.362. The first-order valence-electron chi connectivity index (χ1n) is 3.73. The Kier molecular flexibility index (Phi) is 3.48. The highest BCUT2D eigenvalue weighted by Crippen LogP contribution is 2.14. The van der Waals surface area contributed by atoms with Crippen LogP contribution in [-0.4, -0.2) is 5.97 Å². The van der Waals surface area contributed by atoms with Gasteiger partial charge in [-0.25, -0.2) is 4.79 Å². The standard InChI is InChI=1S/C10H9IO2/c1-7(2)10(12)13-9-5-3-8(11)4-6-9/h3-6H,1H2,2H3. The minimum atomic E-state index is -0.388. The summed E-state index contributed by atoms with van der Waals surface area (Å²) >= 11 is 2.19. The Morgan fingerprint density at radius 3 is 2.38 bits per heavy atom. The van der Waals surface area contributed by atoms with E-state index in [2.05, 4.69) is 29.2 Å². The molecule has 68 valence electrons. The lowest BCUT2D eigenvalue weighted by Crippen LogP contribution is -2.07. The molecule has 0 aliphatic rings. The van der Waals surface area contributed by atoms with Gasteiger partial charge in [0.05, 0.1) is 0 Å². The fraction of sp³-hybridized carbons (Fsp3) is 0.100. The van der Waals surface area contributed by atoms with Crippen molar-refractivity contribution in [3.8, 4) is 5.75 Å². The van der Waals surface area contributed by atoms with Crippen LogP contribution in [0.1, 0.15) is 6.92 Å². The van der Waals surface area contributed by atoms with Gasteiger partial charge in [-0.05, 0) is 53.8 Å². The molecule has 0 saturated carbocycles. The monoisotopic (exact) mass is 288 g/mol. The van der Waals surface area contributed by atoms with Crippen molar-refractivity contribution < 1.29 is 9.53 Å². The van der Waals surface area contributed by atoms with E-state index in [0.29, 0.717) is 11.3 Å². The highest BCUT2D eigenvalue weighted by atomic mass is 127. The number of hydrogen-bond donors (Lipinski definition) is 0. The molecule has 3 heteroatoms. The Morgan fingerprint density at radius 2 is 1.92 bits per heavy atom. The van der Waals surface area contributed by atoms with E-state index in [9.17, 15) is 4.79 Å². The van der Waals surface area contributed by atoms with Gasteiger partial charge < -0.3 is 4.74 Å². The molecule has 13 heavy (non-hydrogen) atoms. The minimum absolute atomic E-state index is 0.388. The van der Waals surface area contributed by atoms with E-state index < -0.39 is 0 Å². The van der Waals surface area contributed by atoms with Gasteiger partial charge in [0.15, 0.2) is 0 Å². The van der Waals surface area contributed by atoms with Crippen molar-refractivity contribution in [2.24, 2.45) is 0 Å². The number of hydrogen-bond acceptors (Lipinski definition) is 2. The van der Waals surface area contributed by atoms with Gasteiger partial charge in [0, 0.05) is 9.14 Å². The van der Waals surface area contributed by atoms with Gasteiger partial charge in [-0.3, -0.25) is 0 Å². The van der Waals surface area contributed by atoms with E-state index in [0.717, 1.165) is 3.57 Å². The van der Waals surface area contributed by atoms with Crippen molar-refractivity contribution in [1.29, 1.82) is 0 Å². The molecule has 0 bridgehead atoms. The SMILES string of the molecule is C=C(C)C(=O)Oc1ccc(I)cc1. The minimum Gasteiger partial charge on any atom is -0.423 e. The van der Waals surface area contributed by atoms with Crippen LogP contribution >= 0.6 is 22.6 Å². The second-order valence-corrected chi connectivity index (χ2v) is 3.87. The van der Waals surface area contributed by atoms with Crippen LogP contribution < -0.4 is 4.74 Å². The number of carbonyl (C=O) groups excluding carboxylic acids is 1. The van der Waals surface area contributed by atoms with E-state index in [1.165, 1.54) is 0 Å². The third kappa shape index (κ3) is 3.18. The zero-order valence-electron chi connectivity index (χ0n) is 7.21. The summed E-state index contributed by atoms with van der Waals surface area (Å²) < 4.78 is 6.09. The summed E-state index contributed by atoms with van der Waals surface area (Å²) in [4.78, 5) is 11.1. The van der Waals surface area contributed by atoms with Gasteiger partial charge in [-0.1, -0.05) is 6.58 Å². The molecule has 0 unspecified atom stereocenters. The fourth-order valence-corrected chi connectivity index (χ4v) is 1.06. The third-order valence-electron chi connectivity index (χ3n) is 1.37. The molecular formula is C10H9IO2. The van der Waals surface area contributed by atoms with E-state index in [1.54, 1.807) is 19.1 Å².